The fourth-order valence-corrected chi connectivity index (χ4v) is 1.18. The van der Waals surface area contributed by atoms with E-state index in [-0.39, 0.29) is 0 Å². The Morgan fingerprint density at radius 2 is 1.56 bits per heavy atom. The summed E-state index contributed by atoms with van der Waals surface area (Å²) in [6.45, 7) is 4.24. The molecule has 0 aliphatic rings. The molecule has 0 amide bonds. The Hall–Kier alpha value is -0.860. The molecule has 0 aromatic rings. The van der Waals surface area contributed by atoms with Crippen LogP contribution in [0.15, 0.2) is 0 Å². The number of carbonyl (C=O) groups is 2. The Bertz CT molecular complexity index is 155. The van der Waals surface area contributed by atoms with E-state index in [0.717, 1.165) is 38.4 Å². The molecule has 0 saturated carbocycles. The first-order valence-electron chi connectivity index (χ1n) is 6.34. The van der Waals surface area contributed by atoms with Gasteiger partial charge in [-0.1, -0.05) is 46.0 Å². The van der Waals surface area contributed by atoms with E-state index < -0.39 is 5.97 Å². The van der Waals surface area contributed by atoms with Crippen LogP contribution in [0.2, 0.25) is 0 Å². The molecule has 1 N–H and O–H groups in total. The minimum Gasteiger partial charge on any atom is -0.481 e. The predicted molar refractivity (Wildman–Crippen MR) is 66.6 cm³/mol. The van der Waals surface area contributed by atoms with Gasteiger partial charge in [-0.05, 0) is 12.8 Å². The van der Waals surface area contributed by atoms with Crippen molar-refractivity contribution in [1.29, 1.82) is 0 Å². The van der Waals surface area contributed by atoms with Crippen molar-refractivity contribution >= 4 is 12.3 Å². The van der Waals surface area contributed by atoms with Crippen molar-refractivity contribution in [2.45, 2.75) is 71.6 Å². The van der Waals surface area contributed by atoms with Crippen molar-refractivity contribution in [3.05, 3.63) is 0 Å². The average molecular weight is 230 g/mol. The second kappa shape index (κ2) is 16.6. The normalized spacial score (nSPS) is 9.12. The fraction of sp³-hybridized carbons (Fsp3) is 0.846. The van der Waals surface area contributed by atoms with Crippen LogP contribution in [0.4, 0.5) is 0 Å². The molecule has 16 heavy (non-hydrogen) atoms. The average Bonchev–Trinajstić information content (AvgIpc) is 2.26. The van der Waals surface area contributed by atoms with E-state index in [0.29, 0.717) is 6.42 Å². The topological polar surface area (TPSA) is 54.4 Å². The molecule has 0 bridgehead atoms. The largest absolute Gasteiger partial charge is 0.481 e. The zero-order valence-corrected chi connectivity index (χ0v) is 10.7. The molecule has 0 unspecified atom stereocenters. The Kier molecular flexibility index (Phi) is 18.2. The highest BCUT2D eigenvalue weighted by Crippen LogP contribution is 2.01. The Morgan fingerprint density at radius 1 is 1.00 bits per heavy atom. The molecule has 0 spiro atoms. The monoisotopic (exact) mass is 230 g/mol. The van der Waals surface area contributed by atoms with Gasteiger partial charge in [0.05, 0.1) is 0 Å². The number of carbonyl (C=O) groups excluding carboxylic acids is 1. The predicted octanol–water partition coefficient (Wildman–Crippen LogP) is 3.81. The van der Waals surface area contributed by atoms with Gasteiger partial charge in [0, 0.05) is 12.8 Å². The lowest BCUT2D eigenvalue weighted by atomic mass is 10.2. The van der Waals surface area contributed by atoms with Gasteiger partial charge in [0.2, 0.25) is 0 Å². The summed E-state index contributed by atoms with van der Waals surface area (Å²) in [4.78, 5) is 19.6. The van der Waals surface area contributed by atoms with E-state index in [1.807, 2.05) is 0 Å². The fourth-order valence-electron chi connectivity index (χ4n) is 1.18. The highest BCUT2D eigenvalue weighted by atomic mass is 16.4. The molecule has 0 heterocycles. The molecule has 0 aliphatic heterocycles. The van der Waals surface area contributed by atoms with Crippen LogP contribution in [-0.4, -0.2) is 17.4 Å². The standard InChI is InChI=1S/C7H14O2.C6H12O/c1-2-3-4-5-6-7(8)9;1-2-3-4-5-6-7/h2-6H2,1H3,(H,8,9);6H,2-5H2,1H3. The lowest BCUT2D eigenvalue weighted by molar-refractivity contribution is -0.137. The number of hydrogen-bond acceptors (Lipinski definition) is 2. The van der Waals surface area contributed by atoms with Crippen molar-refractivity contribution in [3.8, 4) is 0 Å². The smallest absolute Gasteiger partial charge is 0.303 e. The van der Waals surface area contributed by atoms with E-state index in [2.05, 4.69) is 13.8 Å². The van der Waals surface area contributed by atoms with Crippen LogP contribution in [0.3, 0.4) is 0 Å². The van der Waals surface area contributed by atoms with Gasteiger partial charge < -0.3 is 9.90 Å². The maximum atomic E-state index is 9.96. The molecule has 0 rings (SSSR count). The lowest BCUT2D eigenvalue weighted by Crippen LogP contribution is -1.92. The molecule has 0 saturated heterocycles. The van der Waals surface area contributed by atoms with Gasteiger partial charge in [0.25, 0.3) is 0 Å². The van der Waals surface area contributed by atoms with Crippen LogP contribution in [0.5, 0.6) is 0 Å². The van der Waals surface area contributed by atoms with Crippen molar-refractivity contribution in [2.24, 2.45) is 0 Å². The third-order valence-electron chi connectivity index (χ3n) is 2.17. The van der Waals surface area contributed by atoms with E-state index in [9.17, 15) is 9.59 Å². The summed E-state index contributed by atoms with van der Waals surface area (Å²) in [5.41, 5.74) is 0. The van der Waals surface area contributed by atoms with Crippen LogP contribution in [0.25, 0.3) is 0 Å². The number of hydrogen-bond donors (Lipinski definition) is 1. The van der Waals surface area contributed by atoms with Gasteiger partial charge >= 0.3 is 5.97 Å². The minimum absolute atomic E-state index is 0.333. The molecule has 0 aromatic heterocycles. The second-order valence-corrected chi connectivity index (χ2v) is 3.87. The van der Waals surface area contributed by atoms with Crippen LogP contribution in [0.1, 0.15) is 71.6 Å². The van der Waals surface area contributed by atoms with E-state index in [1.54, 1.807) is 0 Å². The first-order valence-corrected chi connectivity index (χ1v) is 6.34. The number of carboxylic acid groups (broad SMARTS) is 1. The summed E-state index contributed by atoms with van der Waals surface area (Å²) in [6, 6.07) is 0. The van der Waals surface area contributed by atoms with Crippen molar-refractivity contribution in [2.75, 3.05) is 0 Å². The van der Waals surface area contributed by atoms with Crippen molar-refractivity contribution < 1.29 is 14.7 Å². The summed E-state index contributed by atoms with van der Waals surface area (Å²) >= 11 is 0. The maximum absolute atomic E-state index is 9.96. The van der Waals surface area contributed by atoms with Gasteiger partial charge in [-0.3, -0.25) is 4.79 Å². The van der Waals surface area contributed by atoms with Crippen molar-refractivity contribution in [1.82, 2.24) is 0 Å². The number of unbranched alkanes of at least 4 members (excludes halogenated alkanes) is 6. The first kappa shape index (κ1) is 17.5. The number of aldehydes is 1. The molecule has 3 nitrogen and oxygen atoms in total. The third-order valence-corrected chi connectivity index (χ3v) is 2.17. The maximum Gasteiger partial charge on any atom is 0.303 e. The summed E-state index contributed by atoms with van der Waals surface area (Å²) in [5, 5.41) is 8.21. The lowest BCUT2D eigenvalue weighted by Gasteiger charge is -1.92. The molecule has 96 valence electrons. The Labute approximate surface area is 99.2 Å². The van der Waals surface area contributed by atoms with Crippen LogP contribution in [-0.2, 0) is 9.59 Å². The first-order chi connectivity index (χ1) is 7.68. The summed E-state index contributed by atoms with van der Waals surface area (Å²) in [6.07, 6.45) is 9.74. The Balaban J connectivity index is 0. The zero-order valence-electron chi connectivity index (χ0n) is 10.7. The summed E-state index contributed by atoms with van der Waals surface area (Å²) in [7, 11) is 0. The van der Waals surface area contributed by atoms with E-state index >= 15 is 0 Å². The third kappa shape index (κ3) is 23.2. The van der Waals surface area contributed by atoms with Gasteiger partial charge in [-0.25, -0.2) is 0 Å². The minimum atomic E-state index is -0.675. The Morgan fingerprint density at radius 3 is 2.00 bits per heavy atom. The molecule has 3 heteroatoms. The van der Waals surface area contributed by atoms with E-state index in [4.69, 9.17) is 5.11 Å². The molecule has 0 fully saturated rings. The highest BCUT2D eigenvalue weighted by Gasteiger charge is 1.93. The molecule has 0 aromatic carbocycles. The number of rotatable bonds is 9. The molecule has 0 atom stereocenters. The second-order valence-electron chi connectivity index (χ2n) is 3.87. The van der Waals surface area contributed by atoms with Gasteiger partial charge in [0.1, 0.15) is 6.29 Å². The molecular formula is C13H26O3. The highest BCUT2D eigenvalue weighted by molar-refractivity contribution is 5.66. The quantitative estimate of drug-likeness (QED) is 0.484. The SMILES string of the molecule is CCCCCC=O.CCCCCCC(=O)O. The number of carboxylic acids is 1. The van der Waals surface area contributed by atoms with Crippen LogP contribution in [0, 0.1) is 0 Å². The number of aliphatic carboxylic acids is 1. The van der Waals surface area contributed by atoms with Gasteiger partial charge in [-0.2, -0.15) is 0 Å². The van der Waals surface area contributed by atoms with Crippen LogP contribution >= 0.6 is 0 Å². The summed E-state index contributed by atoms with van der Waals surface area (Å²) < 4.78 is 0. The van der Waals surface area contributed by atoms with Gasteiger partial charge in [0.15, 0.2) is 0 Å². The van der Waals surface area contributed by atoms with Gasteiger partial charge in [-0.15, -0.1) is 0 Å². The van der Waals surface area contributed by atoms with Crippen molar-refractivity contribution in [3.63, 3.8) is 0 Å². The zero-order chi connectivity index (χ0) is 12.6. The van der Waals surface area contributed by atoms with Crippen LogP contribution < -0.4 is 0 Å². The molecule has 0 aliphatic carbocycles. The summed E-state index contributed by atoms with van der Waals surface area (Å²) in [5.74, 6) is -0.675. The van der Waals surface area contributed by atoms with E-state index in [1.165, 1.54) is 19.3 Å². The molecular weight excluding hydrogens is 204 g/mol. The molecule has 0 radical (unpaired) electrons.